The fraction of sp³-hybridized carbons (Fsp3) is 0.292. The van der Waals surface area contributed by atoms with E-state index in [0.29, 0.717) is 40.3 Å². The van der Waals surface area contributed by atoms with Crippen molar-refractivity contribution in [3.8, 4) is 0 Å². The summed E-state index contributed by atoms with van der Waals surface area (Å²) in [6, 6.07) is 10.3. The fourth-order valence-electron chi connectivity index (χ4n) is 3.10. The van der Waals surface area contributed by atoms with Crippen molar-refractivity contribution in [3.63, 3.8) is 0 Å². The molecule has 0 saturated heterocycles. The first-order valence-electron chi connectivity index (χ1n) is 10.2. The monoisotopic (exact) mass is 420 g/mol. The zero-order valence-electron chi connectivity index (χ0n) is 17.5. The molecule has 6 heteroatoms. The van der Waals surface area contributed by atoms with Crippen LogP contribution in [0.1, 0.15) is 51.6 Å². The highest BCUT2D eigenvalue weighted by Gasteiger charge is 2.16. The second-order valence-corrected chi connectivity index (χ2v) is 8.32. The number of amides is 1. The Morgan fingerprint density at radius 3 is 2.87 bits per heavy atom. The van der Waals surface area contributed by atoms with Crippen molar-refractivity contribution in [2.75, 3.05) is 13.1 Å². The second-order valence-electron chi connectivity index (χ2n) is 7.32. The maximum Gasteiger partial charge on any atom is 0.263 e. The van der Waals surface area contributed by atoms with Crippen molar-refractivity contribution in [1.29, 1.82) is 0 Å². The number of thiazole rings is 1. The average Bonchev–Trinajstić information content (AvgIpc) is 3.18. The molecule has 1 heterocycles. The van der Waals surface area contributed by atoms with Crippen LogP contribution >= 0.6 is 11.3 Å². The smallest absolute Gasteiger partial charge is 0.263 e. The largest absolute Gasteiger partial charge is 0.396 e. The van der Waals surface area contributed by atoms with E-state index < -0.39 is 0 Å². The Kier molecular flexibility index (Phi) is 7.74. The summed E-state index contributed by atoms with van der Waals surface area (Å²) < 4.78 is 0. The number of benzene rings is 1. The minimum atomic E-state index is -0.116. The van der Waals surface area contributed by atoms with Crippen LogP contribution in [0.15, 0.2) is 65.2 Å². The molecule has 0 spiro atoms. The van der Waals surface area contributed by atoms with Gasteiger partial charge in [0.25, 0.3) is 5.91 Å². The zero-order valence-corrected chi connectivity index (χ0v) is 18.3. The van der Waals surface area contributed by atoms with Gasteiger partial charge in [-0.05, 0) is 37.0 Å². The van der Waals surface area contributed by atoms with Crippen LogP contribution in [0.4, 0.5) is 0 Å². The molecule has 1 unspecified atom stereocenters. The van der Waals surface area contributed by atoms with Gasteiger partial charge >= 0.3 is 0 Å². The van der Waals surface area contributed by atoms with Crippen LogP contribution in [0.5, 0.6) is 0 Å². The molecular formula is C24H28N4OS. The van der Waals surface area contributed by atoms with E-state index in [9.17, 15) is 4.79 Å². The number of aromatic nitrogens is 1. The van der Waals surface area contributed by atoms with E-state index in [2.05, 4.69) is 52.6 Å². The van der Waals surface area contributed by atoms with Gasteiger partial charge in [0.1, 0.15) is 9.88 Å². The van der Waals surface area contributed by atoms with Crippen LogP contribution in [0.3, 0.4) is 0 Å². The molecular weight excluding hydrogens is 392 g/mol. The van der Waals surface area contributed by atoms with Gasteiger partial charge in [-0.25, -0.2) is 4.98 Å². The third-order valence-corrected chi connectivity index (χ3v) is 6.09. The van der Waals surface area contributed by atoms with Gasteiger partial charge in [-0.2, -0.15) is 0 Å². The molecule has 0 radical (unpaired) electrons. The van der Waals surface area contributed by atoms with Crippen LogP contribution < -0.4 is 11.1 Å². The number of aliphatic imine (C=N–C) groups is 1. The molecule has 1 aromatic heterocycles. The van der Waals surface area contributed by atoms with E-state index in [0.717, 1.165) is 18.4 Å². The van der Waals surface area contributed by atoms with Crippen molar-refractivity contribution < 1.29 is 4.79 Å². The van der Waals surface area contributed by atoms with Crippen LogP contribution in [-0.4, -0.2) is 30.2 Å². The van der Waals surface area contributed by atoms with Crippen molar-refractivity contribution in [2.45, 2.75) is 32.6 Å². The topological polar surface area (TPSA) is 80.4 Å². The molecule has 3 rings (SSSR count). The van der Waals surface area contributed by atoms with E-state index in [1.54, 1.807) is 12.3 Å². The van der Waals surface area contributed by atoms with Crippen LogP contribution in [0.25, 0.3) is 5.70 Å². The van der Waals surface area contributed by atoms with E-state index >= 15 is 0 Å². The summed E-state index contributed by atoms with van der Waals surface area (Å²) in [7, 11) is 0. The molecule has 0 aliphatic heterocycles. The molecule has 2 aromatic rings. The molecule has 1 aromatic carbocycles. The van der Waals surface area contributed by atoms with Crippen molar-refractivity contribution >= 4 is 29.2 Å². The molecule has 30 heavy (non-hydrogen) atoms. The van der Waals surface area contributed by atoms with Crippen LogP contribution in [0.2, 0.25) is 0 Å². The molecule has 0 saturated carbocycles. The summed E-state index contributed by atoms with van der Waals surface area (Å²) in [4.78, 5) is 22.1. The van der Waals surface area contributed by atoms with E-state index in [1.165, 1.54) is 16.9 Å². The summed E-state index contributed by atoms with van der Waals surface area (Å²) in [6.45, 7) is 5.19. The van der Waals surface area contributed by atoms with Gasteiger partial charge in [0.2, 0.25) is 0 Å². The lowest BCUT2D eigenvalue weighted by atomic mass is 10.0. The van der Waals surface area contributed by atoms with E-state index in [1.807, 2.05) is 25.1 Å². The quantitative estimate of drug-likeness (QED) is 0.611. The Morgan fingerprint density at radius 1 is 1.33 bits per heavy atom. The predicted molar refractivity (Wildman–Crippen MR) is 126 cm³/mol. The summed E-state index contributed by atoms with van der Waals surface area (Å²) in [5, 5.41) is 3.60. The zero-order chi connectivity index (χ0) is 21.3. The van der Waals surface area contributed by atoms with E-state index in [-0.39, 0.29) is 5.91 Å². The molecule has 156 valence electrons. The number of allylic oxidation sites excluding steroid dienone is 3. The average molecular weight is 421 g/mol. The molecule has 1 aliphatic carbocycles. The third-order valence-electron chi connectivity index (χ3n) is 4.88. The molecule has 5 nitrogen and oxygen atoms in total. The van der Waals surface area contributed by atoms with Gasteiger partial charge in [-0.1, -0.05) is 55.5 Å². The highest BCUT2D eigenvalue weighted by Crippen LogP contribution is 2.22. The molecule has 1 amide bonds. The first-order chi connectivity index (χ1) is 14.5. The maximum absolute atomic E-state index is 12.5. The highest BCUT2D eigenvalue weighted by molar-refractivity contribution is 7.14. The van der Waals surface area contributed by atoms with Gasteiger partial charge < -0.3 is 11.1 Å². The number of nitrogens with one attached hydrogen (secondary N) is 1. The van der Waals surface area contributed by atoms with Gasteiger partial charge in [-0.3, -0.25) is 9.79 Å². The standard InChI is InChI=1S/C24H28N4OS/c1-17(20-11-7-4-8-12-20)15-26-14-13-21(25)24-28-18(2)22(30-24)23(29)27-16-19-9-5-3-6-10-19/h4-5,7-14,17H,3,6,15-16,25H2,1-2H3,(H,27,29). The number of hydrogen-bond acceptors (Lipinski definition) is 5. The number of aryl methyl sites for hydroxylation is 1. The van der Waals surface area contributed by atoms with E-state index in [4.69, 9.17) is 5.73 Å². The lowest BCUT2D eigenvalue weighted by molar-refractivity contribution is 0.0960. The lowest BCUT2D eigenvalue weighted by Gasteiger charge is -2.08. The van der Waals surface area contributed by atoms with Gasteiger partial charge in [0, 0.05) is 25.2 Å². The summed E-state index contributed by atoms with van der Waals surface area (Å²) in [5.41, 5.74) is 9.76. The number of nitrogens with two attached hydrogens (primary N) is 1. The number of hydrogen-bond donors (Lipinski definition) is 2. The minimum absolute atomic E-state index is 0.116. The predicted octanol–water partition coefficient (Wildman–Crippen LogP) is 4.63. The molecule has 0 fully saturated rings. The normalized spacial score (nSPS) is 15.3. The number of rotatable bonds is 8. The summed E-state index contributed by atoms with van der Waals surface area (Å²) in [5.74, 6) is 0.220. The van der Waals surface area contributed by atoms with Crippen molar-refractivity contribution in [3.05, 3.63) is 81.4 Å². The highest BCUT2D eigenvalue weighted by atomic mass is 32.1. The Bertz CT molecular complexity index is 986. The first kappa shape index (κ1) is 21.7. The van der Waals surface area contributed by atoms with Crippen LogP contribution in [0, 0.1) is 6.92 Å². The number of carbonyl (C=O) groups excluding carboxylic acids is 1. The Balaban J connectivity index is 1.57. The van der Waals surface area contributed by atoms with Gasteiger partial charge in [0.15, 0.2) is 0 Å². The maximum atomic E-state index is 12.5. The van der Waals surface area contributed by atoms with Crippen molar-refractivity contribution in [2.24, 2.45) is 10.7 Å². The second kappa shape index (κ2) is 10.7. The molecule has 1 atom stereocenters. The summed E-state index contributed by atoms with van der Waals surface area (Å²) in [6.07, 6.45) is 11.9. The number of carbonyl (C=O) groups is 1. The van der Waals surface area contributed by atoms with Crippen molar-refractivity contribution in [1.82, 2.24) is 10.3 Å². The third kappa shape index (κ3) is 6.00. The number of nitrogens with zero attached hydrogens (tertiary/aromatic N) is 2. The Labute approximate surface area is 182 Å². The first-order valence-corrected chi connectivity index (χ1v) is 11.0. The minimum Gasteiger partial charge on any atom is -0.396 e. The fourth-order valence-corrected chi connectivity index (χ4v) is 4.02. The van der Waals surface area contributed by atoms with Crippen LogP contribution in [-0.2, 0) is 0 Å². The Morgan fingerprint density at radius 2 is 2.13 bits per heavy atom. The van der Waals surface area contributed by atoms with Gasteiger partial charge in [0.05, 0.1) is 11.4 Å². The molecule has 3 N–H and O–H groups in total. The summed E-state index contributed by atoms with van der Waals surface area (Å²) >= 11 is 1.31. The SMILES string of the molecule is Cc1nc(C(N)=CC=NCC(C)c2ccccc2)sc1C(=O)NCC1=CCCC=C1. The lowest BCUT2D eigenvalue weighted by Crippen LogP contribution is -2.25. The van der Waals surface area contributed by atoms with Gasteiger partial charge in [-0.15, -0.1) is 11.3 Å². The Hall–Kier alpha value is -2.99. The molecule has 1 aliphatic rings. The molecule has 0 bridgehead atoms.